The first-order valence-corrected chi connectivity index (χ1v) is 10.4. The van der Waals surface area contributed by atoms with Gasteiger partial charge in [-0.1, -0.05) is 11.6 Å². The summed E-state index contributed by atoms with van der Waals surface area (Å²) in [7, 11) is 8.12. The number of hydrogen-bond acceptors (Lipinski definition) is 2. The molecule has 26 heavy (non-hydrogen) atoms. The zero-order valence-electron chi connectivity index (χ0n) is 17.5. The Bertz CT molecular complexity index is 574. The minimum absolute atomic E-state index is 0.00277. The van der Waals surface area contributed by atoms with Gasteiger partial charge in [-0.2, -0.15) is 14.1 Å². The quantitative estimate of drug-likeness (QED) is 0.525. The van der Waals surface area contributed by atoms with E-state index in [4.69, 9.17) is 4.74 Å². The van der Waals surface area contributed by atoms with Crippen LogP contribution in [0, 0.1) is 25.9 Å². The standard InChI is InChI=1S/C22H40N2O2/c1-15-8-9-16-20(4,24-7)12-10-17(22(16,25)14-15)21(5)13-11-18(26-21)19(2,3)23-6/h14,16-18,25H,6-13,23-24H2,1-5H3/t16-,17+,18-,20-,21+,22+/m0/s1. The fourth-order valence-corrected chi connectivity index (χ4v) is 6.04. The van der Waals surface area contributed by atoms with Gasteiger partial charge in [-0.05, 0) is 66.7 Å². The molecule has 4 heteroatoms. The normalized spacial score (nSPS) is 46.8. The Morgan fingerprint density at radius 2 is 1.85 bits per heavy atom. The molecule has 1 saturated heterocycles. The molecule has 150 valence electrons. The first-order valence-electron chi connectivity index (χ1n) is 10.4. The van der Waals surface area contributed by atoms with Crippen molar-refractivity contribution in [1.29, 1.82) is 0 Å². The molecular formula is C22H40N2O2. The van der Waals surface area contributed by atoms with Gasteiger partial charge in [0.2, 0.25) is 0 Å². The summed E-state index contributed by atoms with van der Waals surface area (Å²) in [6, 6.07) is 0. The Balaban J connectivity index is 1.94. The van der Waals surface area contributed by atoms with Crippen LogP contribution in [0.2, 0.25) is 0 Å². The van der Waals surface area contributed by atoms with Crippen LogP contribution in [0.15, 0.2) is 11.6 Å². The van der Waals surface area contributed by atoms with Gasteiger partial charge >= 0.3 is 0 Å². The summed E-state index contributed by atoms with van der Waals surface area (Å²) < 4.78 is 6.71. The lowest BCUT2D eigenvalue weighted by molar-refractivity contribution is -0.689. The highest BCUT2D eigenvalue weighted by Gasteiger charge is 2.62. The van der Waals surface area contributed by atoms with E-state index in [1.165, 1.54) is 5.57 Å². The van der Waals surface area contributed by atoms with E-state index in [1.54, 1.807) is 0 Å². The fourth-order valence-electron chi connectivity index (χ4n) is 6.04. The summed E-state index contributed by atoms with van der Waals surface area (Å²) >= 11 is 0. The highest BCUT2D eigenvalue weighted by molar-refractivity contribution is 5.25. The van der Waals surface area contributed by atoms with Crippen LogP contribution in [0.1, 0.15) is 73.1 Å². The van der Waals surface area contributed by atoms with E-state index in [2.05, 4.69) is 60.1 Å². The van der Waals surface area contributed by atoms with Gasteiger partial charge in [-0.3, -0.25) is 0 Å². The van der Waals surface area contributed by atoms with E-state index in [0.29, 0.717) is 0 Å². The third-order valence-corrected chi connectivity index (χ3v) is 8.06. The molecule has 0 aromatic rings. The van der Waals surface area contributed by atoms with E-state index in [0.717, 1.165) is 38.5 Å². The maximum Gasteiger partial charge on any atom is 0.110 e. The SMILES string of the molecule is [CH2-][NH2+]C(C)(C)[C@@H]1CC[C@](C)([C@H]2CC[C@](C)([NH2+][CH2-])[C@@H]3CCC(C)=C[C@@]32O)O1. The van der Waals surface area contributed by atoms with Crippen molar-refractivity contribution in [1.82, 2.24) is 0 Å². The van der Waals surface area contributed by atoms with Crippen molar-refractivity contribution in [3.05, 3.63) is 25.7 Å². The number of fused-ring (bicyclic) bond motifs is 1. The number of quaternary nitrogens is 2. The molecule has 5 N–H and O–H groups in total. The Morgan fingerprint density at radius 1 is 1.15 bits per heavy atom. The molecule has 6 atom stereocenters. The van der Waals surface area contributed by atoms with E-state index < -0.39 is 5.60 Å². The zero-order valence-corrected chi connectivity index (χ0v) is 17.5. The molecular weight excluding hydrogens is 324 g/mol. The molecule has 1 aliphatic heterocycles. The molecule has 2 fully saturated rings. The fraction of sp³-hybridized carbons (Fsp3) is 0.818. The average molecular weight is 365 g/mol. The number of hydrogen-bond donors (Lipinski definition) is 3. The van der Waals surface area contributed by atoms with Crippen LogP contribution in [0.25, 0.3) is 0 Å². The molecule has 1 heterocycles. The van der Waals surface area contributed by atoms with Crippen LogP contribution < -0.4 is 10.6 Å². The molecule has 0 bridgehead atoms. The van der Waals surface area contributed by atoms with E-state index in [9.17, 15) is 5.11 Å². The summed E-state index contributed by atoms with van der Waals surface area (Å²) in [6.45, 7) is 11.1. The van der Waals surface area contributed by atoms with Crippen molar-refractivity contribution in [2.75, 3.05) is 0 Å². The number of allylic oxidation sites excluding steroid dienone is 1. The predicted octanol–water partition coefficient (Wildman–Crippen LogP) is 1.67. The molecule has 0 radical (unpaired) electrons. The van der Waals surface area contributed by atoms with Crippen molar-refractivity contribution in [3.63, 3.8) is 0 Å². The molecule has 0 spiro atoms. The second-order valence-corrected chi connectivity index (χ2v) is 10.3. The summed E-state index contributed by atoms with van der Waals surface area (Å²) in [5.74, 6) is 0.357. The second-order valence-electron chi connectivity index (χ2n) is 10.3. The lowest BCUT2D eigenvalue weighted by Crippen LogP contribution is -2.95. The van der Waals surface area contributed by atoms with Crippen LogP contribution in [0.4, 0.5) is 0 Å². The Hall–Kier alpha value is -0.420. The third-order valence-electron chi connectivity index (χ3n) is 8.06. The van der Waals surface area contributed by atoms with Gasteiger partial charge in [0.15, 0.2) is 0 Å². The molecule has 1 saturated carbocycles. The molecule has 2 aliphatic carbocycles. The summed E-state index contributed by atoms with van der Waals surface area (Å²) in [4.78, 5) is 0. The maximum atomic E-state index is 12.0. The summed E-state index contributed by atoms with van der Waals surface area (Å²) in [5.41, 5.74) is 0.186. The minimum atomic E-state index is -0.800. The topological polar surface area (TPSA) is 62.7 Å². The third kappa shape index (κ3) is 3.07. The summed E-state index contributed by atoms with van der Waals surface area (Å²) in [6.07, 6.45) is 8.57. The molecule has 0 unspecified atom stereocenters. The molecule has 3 aliphatic rings. The van der Waals surface area contributed by atoms with Crippen LogP contribution in [-0.2, 0) is 4.74 Å². The first kappa shape index (κ1) is 20.3. The lowest BCUT2D eigenvalue weighted by Gasteiger charge is -2.58. The van der Waals surface area contributed by atoms with Crippen LogP contribution in [0.3, 0.4) is 0 Å². The lowest BCUT2D eigenvalue weighted by atomic mass is 9.53. The highest BCUT2D eigenvalue weighted by atomic mass is 16.5. The maximum absolute atomic E-state index is 12.0. The highest BCUT2D eigenvalue weighted by Crippen LogP contribution is 2.55. The van der Waals surface area contributed by atoms with Gasteiger partial charge in [-0.15, -0.1) is 0 Å². The monoisotopic (exact) mass is 364 g/mol. The van der Waals surface area contributed by atoms with Crippen LogP contribution in [-0.4, -0.2) is 33.5 Å². The predicted molar refractivity (Wildman–Crippen MR) is 104 cm³/mol. The van der Waals surface area contributed by atoms with Gasteiger partial charge < -0.3 is 20.5 Å². The van der Waals surface area contributed by atoms with Gasteiger partial charge in [-0.25, -0.2) is 0 Å². The molecule has 0 amide bonds. The average Bonchev–Trinajstić information content (AvgIpc) is 2.98. The van der Waals surface area contributed by atoms with Crippen LogP contribution in [0.5, 0.6) is 0 Å². The van der Waals surface area contributed by atoms with E-state index >= 15 is 0 Å². The summed E-state index contributed by atoms with van der Waals surface area (Å²) in [5, 5.41) is 16.1. The number of aliphatic hydroxyl groups is 1. The first-order chi connectivity index (χ1) is 12.0. The van der Waals surface area contributed by atoms with Crippen molar-refractivity contribution < 1.29 is 20.5 Å². The van der Waals surface area contributed by atoms with Crippen molar-refractivity contribution in [2.45, 2.75) is 102 Å². The van der Waals surface area contributed by atoms with Crippen LogP contribution >= 0.6 is 0 Å². The number of ether oxygens (including phenoxy) is 1. The van der Waals surface area contributed by atoms with Gasteiger partial charge in [0, 0.05) is 18.3 Å². The van der Waals surface area contributed by atoms with Crippen molar-refractivity contribution in [3.8, 4) is 0 Å². The molecule has 0 aromatic heterocycles. The largest absolute Gasteiger partial charge is 0.474 e. The van der Waals surface area contributed by atoms with Crippen molar-refractivity contribution in [2.24, 2.45) is 11.8 Å². The smallest absolute Gasteiger partial charge is 0.110 e. The van der Waals surface area contributed by atoms with Gasteiger partial charge in [0.25, 0.3) is 0 Å². The van der Waals surface area contributed by atoms with Crippen molar-refractivity contribution >= 4 is 0 Å². The van der Waals surface area contributed by atoms with E-state index in [-0.39, 0.29) is 34.6 Å². The Kier molecular flexibility index (Phi) is 5.14. The second kappa shape index (κ2) is 6.58. The van der Waals surface area contributed by atoms with Gasteiger partial charge in [0.1, 0.15) is 6.10 Å². The minimum Gasteiger partial charge on any atom is -0.474 e. The Labute approximate surface area is 160 Å². The number of rotatable bonds is 4. The Morgan fingerprint density at radius 3 is 2.46 bits per heavy atom. The van der Waals surface area contributed by atoms with Gasteiger partial charge in [0.05, 0.1) is 22.3 Å². The number of nitrogens with two attached hydrogens (primary N) is 2. The zero-order chi connectivity index (χ0) is 19.4. The van der Waals surface area contributed by atoms with E-state index in [1.807, 2.05) is 5.32 Å². The molecule has 0 aromatic carbocycles. The molecule has 4 nitrogen and oxygen atoms in total. The molecule has 3 rings (SSSR count).